The van der Waals surface area contributed by atoms with E-state index in [9.17, 15) is 4.79 Å². The predicted molar refractivity (Wildman–Crippen MR) is 124 cm³/mol. The normalized spacial score (nSPS) is 15.3. The number of thiocarbonyl (C=S) groups is 1. The van der Waals surface area contributed by atoms with Gasteiger partial charge in [-0.15, -0.1) is 0 Å². The van der Waals surface area contributed by atoms with Crippen molar-refractivity contribution in [2.45, 2.75) is 26.4 Å². The van der Waals surface area contributed by atoms with E-state index in [0.29, 0.717) is 38.9 Å². The molecule has 0 aromatic heterocycles. The number of hydrogen-bond acceptors (Lipinski definition) is 5. The second-order valence-corrected chi connectivity index (χ2v) is 8.56. The highest BCUT2D eigenvalue weighted by Gasteiger charge is 2.31. The molecule has 0 atom stereocenters. The third-order valence-electron chi connectivity index (χ3n) is 4.44. The highest BCUT2D eigenvalue weighted by atomic mass is 35.5. The van der Waals surface area contributed by atoms with E-state index >= 15 is 0 Å². The van der Waals surface area contributed by atoms with Crippen molar-refractivity contribution >= 4 is 51.9 Å². The standard InChI is InChI=1S/C22H22ClNO3S2/c1-3-4-11-24-21(25)20(29-22(24)28)13-15-9-10-18(19(12-15)26-2)27-14-16-7-5-6-8-17(16)23/h5-10,12-13H,3-4,11,14H2,1-2H3/b20-13+. The van der Waals surface area contributed by atoms with Crippen LogP contribution in [0, 0.1) is 0 Å². The molecule has 1 saturated heterocycles. The van der Waals surface area contributed by atoms with Crippen molar-refractivity contribution < 1.29 is 14.3 Å². The molecule has 1 aliphatic heterocycles. The van der Waals surface area contributed by atoms with Crippen LogP contribution in [-0.4, -0.2) is 28.8 Å². The molecule has 0 bridgehead atoms. The molecule has 1 heterocycles. The van der Waals surface area contributed by atoms with Crippen LogP contribution >= 0.6 is 35.6 Å². The van der Waals surface area contributed by atoms with Gasteiger partial charge in [-0.2, -0.15) is 0 Å². The second-order valence-electron chi connectivity index (χ2n) is 6.48. The molecule has 7 heteroatoms. The maximum absolute atomic E-state index is 12.6. The summed E-state index contributed by atoms with van der Waals surface area (Å²) in [6.07, 6.45) is 3.79. The SMILES string of the molecule is CCCCN1C(=O)/C(=C\c2ccc(OCc3ccccc3Cl)c(OC)c2)SC1=S. The highest BCUT2D eigenvalue weighted by Crippen LogP contribution is 2.35. The molecule has 0 aliphatic carbocycles. The average molecular weight is 448 g/mol. The number of thioether (sulfide) groups is 1. The van der Waals surface area contributed by atoms with Crippen molar-refractivity contribution in [1.82, 2.24) is 4.90 Å². The number of methoxy groups -OCH3 is 1. The fourth-order valence-electron chi connectivity index (χ4n) is 2.82. The first-order chi connectivity index (χ1) is 14.0. The number of benzene rings is 2. The summed E-state index contributed by atoms with van der Waals surface area (Å²) in [7, 11) is 1.59. The van der Waals surface area contributed by atoms with Crippen molar-refractivity contribution in [3.8, 4) is 11.5 Å². The van der Waals surface area contributed by atoms with Gasteiger partial charge in [-0.3, -0.25) is 9.69 Å². The Bertz CT molecular complexity index is 945. The Morgan fingerprint density at radius 3 is 2.72 bits per heavy atom. The number of hydrogen-bond donors (Lipinski definition) is 0. The van der Waals surface area contributed by atoms with Gasteiger partial charge >= 0.3 is 0 Å². The van der Waals surface area contributed by atoms with E-state index < -0.39 is 0 Å². The number of nitrogens with zero attached hydrogens (tertiary/aromatic N) is 1. The monoisotopic (exact) mass is 447 g/mol. The maximum Gasteiger partial charge on any atom is 0.266 e. The van der Waals surface area contributed by atoms with Crippen molar-refractivity contribution in [2.75, 3.05) is 13.7 Å². The first-order valence-electron chi connectivity index (χ1n) is 9.33. The topological polar surface area (TPSA) is 38.8 Å². The summed E-state index contributed by atoms with van der Waals surface area (Å²) in [4.78, 5) is 14.9. The molecule has 0 spiro atoms. The number of amides is 1. The number of carbonyl (C=O) groups is 1. The first kappa shape index (κ1) is 21.7. The summed E-state index contributed by atoms with van der Waals surface area (Å²) >= 11 is 12.9. The average Bonchev–Trinajstić information content (AvgIpc) is 2.99. The lowest BCUT2D eigenvalue weighted by Gasteiger charge is -2.13. The van der Waals surface area contributed by atoms with Gasteiger partial charge in [-0.05, 0) is 36.3 Å². The smallest absolute Gasteiger partial charge is 0.266 e. The van der Waals surface area contributed by atoms with Crippen molar-refractivity contribution in [2.24, 2.45) is 0 Å². The summed E-state index contributed by atoms with van der Waals surface area (Å²) in [5.74, 6) is 1.17. The fourth-order valence-corrected chi connectivity index (χ4v) is 4.32. The number of ether oxygens (including phenoxy) is 2. The summed E-state index contributed by atoms with van der Waals surface area (Å²) < 4.78 is 12.0. The molecule has 1 amide bonds. The van der Waals surface area contributed by atoms with E-state index in [1.165, 1.54) is 11.8 Å². The minimum absolute atomic E-state index is 0.0357. The Morgan fingerprint density at radius 1 is 1.21 bits per heavy atom. The molecule has 152 valence electrons. The summed E-state index contributed by atoms with van der Waals surface area (Å²) in [6, 6.07) is 13.1. The zero-order valence-electron chi connectivity index (χ0n) is 16.3. The van der Waals surface area contributed by atoms with E-state index in [2.05, 4.69) is 6.92 Å². The molecule has 3 rings (SSSR count). The quantitative estimate of drug-likeness (QED) is 0.370. The largest absolute Gasteiger partial charge is 0.493 e. The van der Waals surface area contributed by atoms with E-state index in [4.69, 9.17) is 33.3 Å². The van der Waals surface area contributed by atoms with Crippen LogP contribution in [0.15, 0.2) is 47.4 Å². The lowest BCUT2D eigenvalue weighted by Crippen LogP contribution is -2.28. The molecule has 2 aromatic rings. The highest BCUT2D eigenvalue weighted by molar-refractivity contribution is 8.26. The maximum atomic E-state index is 12.6. The number of carbonyl (C=O) groups excluding carboxylic acids is 1. The van der Waals surface area contributed by atoms with Crippen LogP contribution in [0.3, 0.4) is 0 Å². The van der Waals surface area contributed by atoms with Crippen LogP contribution in [0.5, 0.6) is 11.5 Å². The van der Waals surface area contributed by atoms with Crippen LogP contribution in [0.1, 0.15) is 30.9 Å². The van der Waals surface area contributed by atoms with Crippen molar-refractivity contribution in [1.29, 1.82) is 0 Å². The number of rotatable bonds is 8. The van der Waals surface area contributed by atoms with Gasteiger partial charge in [-0.1, -0.05) is 73.2 Å². The van der Waals surface area contributed by atoms with E-state index in [-0.39, 0.29) is 5.91 Å². The Kier molecular flexibility index (Phi) is 7.58. The molecule has 1 fully saturated rings. The third-order valence-corrected chi connectivity index (χ3v) is 6.18. The van der Waals surface area contributed by atoms with Gasteiger partial charge in [0.2, 0.25) is 0 Å². The molecule has 4 nitrogen and oxygen atoms in total. The number of halogens is 1. The molecular weight excluding hydrogens is 426 g/mol. The van der Waals surface area contributed by atoms with Crippen molar-refractivity contribution in [3.05, 3.63) is 63.5 Å². The Labute approximate surface area is 185 Å². The van der Waals surface area contributed by atoms with Gasteiger partial charge < -0.3 is 9.47 Å². The first-order valence-corrected chi connectivity index (χ1v) is 10.9. The van der Waals surface area contributed by atoms with Crippen LogP contribution in [0.25, 0.3) is 6.08 Å². The number of unbranched alkanes of at least 4 members (excludes halogenated alkanes) is 1. The molecule has 0 saturated carbocycles. The molecule has 0 unspecified atom stereocenters. The van der Waals surface area contributed by atoms with Gasteiger partial charge in [0.05, 0.1) is 12.0 Å². The van der Waals surface area contributed by atoms with Crippen molar-refractivity contribution in [3.63, 3.8) is 0 Å². The predicted octanol–water partition coefficient (Wildman–Crippen LogP) is 5.93. The fraction of sp³-hybridized carbons (Fsp3) is 0.273. The van der Waals surface area contributed by atoms with Gasteiger partial charge in [0.15, 0.2) is 11.5 Å². The molecule has 1 aliphatic rings. The minimum atomic E-state index is -0.0357. The zero-order valence-corrected chi connectivity index (χ0v) is 18.7. The molecule has 0 radical (unpaired) electrons. The van der Waals surface area contributed by atoms with Gasteiger partial charge in [0.1, 0.15) is 10.9 Å². The summed E-state index contributed by atoms with van der Waals surface area (Å²) in [6.45, 7) is 3.09. The Balaban J connectivity index is 1.75. The molecular formula is C22H22ClNO3S2. The molecule has 29 heavy (non-hydrogen) atoms. The summed E-state index contributed by atoms with van der Waals surface area (Å²) in [5.41, 5.74) is 1.75. The summed E-state index contributed by atoms with van der Waals surface area (Å²) in [5, 5.41) is 0.660. The third kappa shape index (κ3) is 5.32. The lowest BCUT2D eigenvalue weighted by atomic mass is 10.1. The molecule has 0 N–H and O–H groups in total. The lowest BCUT2D eigenvalue weighted by molar-refractivity contribution is -0.122. The van der Waals surface area contributed by atoms with Gasteiger partial charge in [0, 0.05) is 17.1 Å². The van der Waals surface area contributed by atoms with E-state index in [0.717, 1.165) is 24.0 Å². The Morgan fingerprint density at radius 2 is 2.00 bits per heavy atom. The van der Waals surface area contributed by atoms with E-state index in [1.54, 1.807) is 12.0 Å². The van der Waals surface area contributed by atoms with Crippen LogP contribution in [0.2, 0.25) is 5.02 Å². The minimum Gasteiger partial charge on any atom is -0.493 e. The molecule has 2 aromatic carbocycles. The van der Waals surface area contributed by atoms with Gasteiger partial charge in [0.25, 0.3) is 5.91 Å². The van der Waals surface area contributed by atoms with E-state index in [1.807, 2.05) is 48.5 Å². The van der Waals surface area contributed by atoms with Gasteiger partial charge in [-0.25, -0.2) is 0 Å². The van der Waals surface area contributed by atoms with Crippen LogP contribution < -0.4 is 9.47 Å². The zero-order chi connectivity index (χ0) is 20.8. The van der Waals surface area contributed by atoms with Crippen LogP contribution in [0.4, 0.5) is 0 Å². The Hall–Kier alpha value is -2.02. The van der Waals surface area contributed by atoms with Crippen LogP contribution in [-0.2, 0) is 11.4 Å². The second kappa shape index (κ2) is 10.1.